The molecule has 0 spiro atoms. The molecule has 1 aromatic heterocycles. The Kier molecular flexibility index (Phi) is 3.81. The SMILES string of the molecule is O=C(Nc1ccsc1)c1ccc(Cl)c(N2CCNC2=O)c1. The molecule has 3 amide bonds. The van der Waals surface area contributed by atoms with Gasteiger partial charge in [0.15, 0.2) is 0 Å². The highest BCUT2D eigenvalue weighted by Crippen LogP contribution is 2.28. The number of hydrogen-bond donors (Lipinski definition) is 2. The summed E-state index contributed by atoms with van der Waals surface area (Å²) in [5.41, 5.74) is 1.75. The summed E-state index contributed by atoms with van der Waals surface area (Å²) in [6, 6.07) is 6.53. The van der Waals surface area contributed by atoms with E-state index >= 15 is 0 Å². The number of nitrogens with one attached hydrogen (secondary N) is 2. The van der Waals surface area contributed by atoms with E-state index in [2.05, 4.69) is 10.6 Å². The summed E-state index contributed by atoms with van der Waals surface area (Å²) in [4.78, 5) is 25.5. The van der Waals surface area contributed by atoms with Crippen LogP contribution in [0.1, 0.15) is 10.4 Å². The lowest BCUT2D eigenvalue weighted by molar-refractivity contribution is 0.102. The average Bonchev–Trinajstić information content (AvgIpc) is 3.11. The lowest BCUT2D eigenvalue weighted by Crippen LogP contribution is -2.28. The van der Waals surface area contributed by atoms with Gasteiger partial charge in [0, 0.05) is 24.0 Å². The number of nitrogens with zero attached hydrogens (tertiary/aromatic N) is 1. The van der Waals surface area contributed by atoms with Gasteiger partial charge in [-0.25, -0.2) is 4.79 Å². The number of halogens is 1. The number of carbonyl (C=O) groups is 2. The topological polar surface area (TPSA) is 61.4 Å². The lowest BCUT2D eigenvalue weighted by atomic mass is 10.1. The number of urea groups is 1. The molecular formula is C14H12ClN3O2S. The van der Waals surface area contributed by atoms with Crippen LogP contribution in [0.2, 0.25) is 5.02 Å². The molecule has 1 fully saturated rings. The van der Waals surface area contributed by atoms with Gasteiger partial charge in [-0.15, -0.1) is 0 Å². The Morgan fingerprint density at radius 2 is 2.24 bits per heavy atom. The quantitative estimate of drug-likeness (QED) is 0.912. The third-order valence-corrected chi connectivity index (χ3v) is 4.14. The molecule has 5 nitrogen and oxygen atoms in total. The van der Waals surface area contributed by atoms with Crippen LogP contribution in [0.4, 0.5) is 16.2 Å². The van der Waals surface area contributed by atoms with Gasteiger partial charge in [0.05, 0.1) is 16.4 Å². The standard InChI is InChI=1S/C14H12ClN3O2S/c15-11-2-1-9(13(19)17-10-3-6-21-8-10)7-12(11)18-5-4-16-14(18)20/h1-3,6-8H,4-5H2,(H,16,20)(H,17,19). The van der Waals surface area contributed by atoms with Gasteiger partial charge < -0.3 is 10.6 Å². The molecule has 1 aliphatic rings. The van der Waals surface area contributed by atoms with Crippen LogP contribution >= 0.6 is 22.9 Å². The maximum absolute atomic E-state index is 12.2. The normalized spacial score (nSPS) is 14.1. The van der Waals surface area contributed by atoms with Crippen molar-refractivity contribution < 1.29 is 9.59 Å². The van der Waals surface area contributed by atoms with Crippen molar-refractivity contribution in [2.24, 2.45) is 0 Å². The van der Waals surface area contributed by atoms with Gasteiger partial charge in [0.2, 0.25) is 0 Å². The molecule has 21 heavy (non-hydrogen) atoms. The van der Waals surface area contributed by atoms with E-state index in [1.54, 1.807) is 18.2 Å². The molecule has 1 saturated heterocycles. The lowest BCUT2D eigenvalue weighted by Gasteiger charge is -2.17. The molecule has 2 N–H and O–H groups in total. The van der Waals surface area contributed by atoms with Gasteiger partial charge >= 0.3 is 6.03 Å². The van der Waals surface area contributed by atoms with Crippen LogP contribution in [0.3, 0.4) is 0 Å². The summed E-state index contributed by atoms with van der Waals surface area (Å²) in [5, 5.41) is 9.69. The Hall–Kier alpha value is -2.05. The smallest absolute Gasteiger partial charge is 0.322 e. The van der Waals surface area contributed by atoms with Crippen molar-refractivity contribution in [1.29, 1.82) is 0 Å². The van der Waals surface area contributed by atoms with E-state index in [0.29, 0.717) is 29.4 Å². The maximum atomic E-state index is 12.2. The predicted octanol–water partition coefficient (Wildman–Crippen LogP) is 3.18. The van der Waals surface area contributed by atoms with E-state index in [4.69, 9.17) is 11.6 Å². The van der Waals surface area contributed by atoms with E-state index in [1.807, 2.05) is 16.8 Å². The maximum Gasteiger partial charge on any atom is 0.322 e. The molecule has 2 aromatic rings. The number of rotatable bonds is 3. The highest BCUT2D eigenvalue weighted by atomic mass is 35.5. The molecule has 0 radical (unpaired) electrons. The summed E-state index contributed by atoms with van der Waals surface area (Å²) in [7, 11) is 0. The Bertz CT molecular complexity index is 688. The molecule has 0 unspecified atom stereocenters. The first-order chi connectivity index (χ1) is 10.1. The summed E-state index contributed by atoms with van der Waals surface area (Å²) in [6.45, 7) is 1.11. The Morgan fingerprint density at radius 1 is 1.38 bits per heavy atom. The van der Waals surface area contributed by atoms with Crippen LogP contribution in [0.5, 0.6) is 0 Å². The monoisotopic (exact) mass is 321 g/mol. The molecule has 0 atom stereocenters. The fraction of sp³-hybridized carbons (Fsp3) is 0.143. The fourth-order valence-corrected chi connectivity index (χ4v) is 2.91. The summed E-state index contributed by atoms with van der Waals surface area (Å²) < 4.78 is 0. The predicted molar refractivity (Wildman–Crippen MR) is 84.5 cm³/mol. The van der Waals surface area contributed by atoms with Crippen molar-refractivity contribution in [1.82, 2.24) is 5.32 Å². The summed E-state index contributed by atoms with van der Waals surface area (Å²) >= 11 is 7.64. The number of amides is 3. The minimum Gasteiger partial charge on any atom is -0.336 e. The number of hydrogen-bond acceptors (Lipinski definition) is 3. The molecule has 0 aliphatic carbocycles. The van der Waals surface area contributed by atoms with Crippen molar-refractivity contribution in [3.63, 3.8) is 0 Å². The van der Waals surface area contributed by atoms with Crippen LogP contribution in [0.15, 0.2) is 35.0 Å². The van der Waals surface area contributed by atoms with Gasteiger partial charge in [-0.1, -0.05) is 11.6 Å². The Balaban J connectivity index is 1.86. The highest BCUT2D eigenvalue weighted by Gasteiger charge is 2.24. The van der Waals surface area contributed by atoms with E-state index in [9.17, 15) is 9.59 Å². The third kappa shape index (κ3) is 2.86. The Morgan fingerprint density at radius 3 is 2.90 bits per heavy atom. The number of anilines is 2. The van der Waals surface area contributed by atoms with E-state index in [0.717, 1.165) is 5.69 Å². The van der Waals surface area contributed by atoms with E-state index < -0.39 is 0 Å². The second-order valence-electron chi connectivity index (χ2n) is 4.52. The molecule has 3 rings (SSSR count). The third-order valence-electron chi connectivity index (χ3n) is 3.13. The summed E-state index contributed by atoms with van der Waals surface area (Å²) in [5.74, 6) is -0.231. The summed E-state index contributed by atoms with van der Waals surface area (Å²) in [6.07, 6.45) is 0. The van der Waals surface area contributed by atoms with Crippen LogP contribution in [0.25, 0.3) is 0 Å². The Labute approximate surface area is 130 Å². The van der Waals surface area contributed by atoms with E-state index in [1.165, 1.54) is 16.2 Å². The molecule has 108 valence electrons. The van der Waals surface area contributed by atoms with Crippen molar-refractivity contribution in [2.75, 3.05) is 23.3 Å². The zero-order valence-electron chi connectivity index (χ0n) is 10.9. The number of thiophene rings is 1. The van der Waals surface area contributed by atoms with E-state index in [-0.39, 0.29) is 11.9 Å². The number of benzene rings is 1. The average molecular weight is 322 g/mol. The van der Waals surface area contributed by atoms with Crippen LogP contribution in [-0.2, 0) is 0 Å². The van der Waals surface area contributed by atoms with Gasteiger partial charge in [0.25, 0.3) is 5.91 Å². The fourth-order valence-electron chi connectivity index (χ4n) is 2.10. The second kappa shape index (κ2) is 5.75. The highest BCUT2D eigenvalue weighted by molar-refractivity contribution is 7.08. The molecule has 1 aromatic carbocycles. The molecule has 0 saturated carbocycles. The van der Waals surface area contributed by atoms with Gasteiger partial charge in [0.1, 0.15) is 0 Å². The molecule has 0 bridgehead atoms. The van der Waals surface area contributed by atoms with Crippen molar-refractivity contribution in [2.45, 2.75) is 0 Å². The second-order valence-corrected chi connectivity index (χ2v) is 5.70. The zero-order chi connectivity index (χ0) is 14.8. The molecular weight excluding hydrogens is 310 g/mol. The van der Waals surface area contributed by atoms with Gasteiger partial charge in [-0.3, -0.25) is 9.69 Å². The van der Waals surface area contributed by atoms with Crippen LogP contribution in [-0.4, -0.2) is 25.0 Å². The van der Waals surface area contributed by atoms with Crippen molar-refractivity contribution >= 4 is 46.3 Å². The first-order valence-corrected chi connectivity index (χ1v) is 7.66. The van der Waals surface area contributed by atoms with Gasteiger partial charge in [-0.05, 0) is 29.6 Å². The minimum atomic E-state index is -0.231. The molecule has 1 aliphatic heterocycles. The van der Waals surface area contributed by atoms with Crippen molar-refractivity contribution in [3.8, 4) is 0 Å². The van der Waals surface area contributed by atoms with Gasteiger partial charge in [-0.2, -0.15) is 11.3 Å². The zero-order valence-corrected chi connectivity index (χ0v) is 12.5. The molecule has 2 heterocycles. The minimum absolute atomic E-state index is 0.202. The number of carbonyl (C=O) groups excluding carboxylic acids is 2. The van der Waals surface area contributed by atoms with Crippen LogP contribution < -0.4 is 15.5 Å². The first-order valence-electron chi connectivity index (χ1n) is 6.33. The van der Waals surface area contributed by atoms with Crippen LogP contribution in [0, 0.1) is 0 Å². The largest absolute Gasteiger partial charge is 0.336 e. The molecule has 7 heteroatoms. The first kappa shape index (κ1) is 13.9. The van der Waals surface area contributed by atoms with Crippen molar-refractivity contribution in [3.05, 3.63) is 45.6 Å².